The molecule has 0 unspecified atom stereocenters. The summed E-state index contributed by atoms with van der Waals surface area (Å²) in [6.45, 7) is 3.64. The average molecular weight is 687 g/mol. The summed E-state index contributed by atoms with van der Waals surface area (Å²) in [6, 6.07) is 0. The highest BCUT2D eigenvalue weighted by atomic mass is 31.2. The monoisotopic (exact) mass is 686 g/mol. The predicted molar refractivity (Wildman–Crippen MR) is 193 cm³/mol. The molecule has 8 nitrogen and oxygen atoms in total. The molecule has 0 rings (SSSR count). The number of rotatable bonds is 35. The summed E-state index contributed by atoms with van der Waals surface area (Å²) in [7, 11) is -4.75. The van der Waals surface area contributed by atoms with Gasteiger partial charge in [0.15, 0.2) is 6.10 Å². The van der Waals surface area contributed by atoms with Crippen LogP contribution in [0.2, 0.25) is 0 Å². The van der Waals surface area contributed by atoms with Crippen LogP contribution in [0.25, 0.3) is 0 Å². The van der Waals surface area contributed by atoms with Gasteiger partial charge in [-0.05, 0) is 44.9 Å². The van der Waals surface area contributed by atoms with E-state index in [1.165, 1.54) is 89.9 Å². The Hall–Kier alpha value is -1.47. The fourth-order valence-electron chi connectivity index (χ4n) is 5.34. The zero-order valence-corrected chi connectivity index (χ0v) is 31.1. The van der Waals surface area contributed by atoms with Crippen LogP contribution in [0, 0.1) is 0 Å². The van der Waals surface area contributed by atoms with Gasteiger partial charge < -0.3 is 19.3 Å². The standard InChI is InChI=1S/C38H71O8P/c1-3-5-7-9-11-13-15-17-19-21-22-24-26-28-30-32-37(39)44-34-36(35-45-47(41,42)43)46-38(40)33-31-29-27-25-23-20-18-16-14-12-10-8-6-4-2/h11,13,17,19,36H,3-10,12,14-16,18,20-35H2,1-2H3,(H2,41,42,43)/b13-11+,19-17+/t36-/m1/s1. The highest BCUT2D eigenvalue weighted by Gasteiger charge is 2.22. The SMILES string of the molecule is CCCCC/C=C/C/C=C/CCCCCCCC(=O)OC[C@H](COP(=O)(O)O)OC(=O)CCCCCCCCCCCCCCCC. The van der Waals surface area contributed by atoms with Gasteiger partial charge >= 0.3 is 19.8 Å². The van der Waals surface area contributed by atoms with Crippen LogP contribution in [0.15, 0.2) is 24.3 Å². The fraction of sp³-hybridized carbons (Fsp3) is 0.842. The molecule has 0 bridgehead atoms. The van der Waals surface area contributed by atoms with Gasteiger partial charge in [-0.15, -0.1) is 0 Å². The maximum Gasteiger partial charge on any atom is 0.469 e. The molecule has 0 amide bonds. The van der Waals surface area contributed by atoms with E-state index in [2.05, 4.69) is 42.7 Å². The highest BCUT2D eigenvalue weighted by molar-refractivity contribution is 7.46. The maximum atomic E-state index is 12.4. The molecular weight excluding hydrogens is 615 g/mol. The second-order valence-corrected chi connectivity index (χ2v) is 14.1. The quantitative estimate of drug-likeness (QED) is 0.0292. The van der Waals surface area contributed by atoms with Gasteiger partial charge in [-0.3, -0.25) is 14.1 Å². The lowest BCUT2D eigenvalue weighted by Crippen LogP contribution is -2.29. The minimum absolute atomic E-state index is 0.213. The van der Waals surface area contributed by atoms with Crippen molar-refractivity contribution in [2.75, 3.05) is 13.2 Å². The summed E-state index contributed by atoms with van der Waals surface area (Å²) in [5, 5.41) is 0. The van der Waals surface area contributed by atoms with E-state index < -0.39 is 32.5 Å². The van der Waals surface area contributed by atoms with E-state index in [0.29, 0.717) is 12.8 Å². The smallest absolute Gasteiger partial charge is 0.462 e. The summed E-state index contributed by atoms with van der Waals surface area (Å²) < 4.78 is 26.3. The van der Waals surface area contributed by atoms with Crippen LogP contribution in [-0.2, 0) is 28.2 Å². The Balaban J connectivity index is 3.97. The summed E-state index contributed by atoms with van der Waals surface area (Å²) in [5.41, 5.74) is 0. The van der Waals surface area contributed by atoms with Crippen LogP contribution in [0.5, 0.6) is 0 Å². The molecule has 0 saturated heterocycles. The number of phosphoric acid groups is 1. The number of unbranched alkanes of at least 4 members (excludes halogenated alkanes) is 21. The molecule has 0 saturated carbocycles. The van der Waals surface area contributed by atoms with E-state index in [4.69, 9.17) is 19.3 Å². The van der Waals surface area contributed by atoms with Gasteiger partial charge in [-0.25, -0.2) is 4.57 Å². The highest BCUT2D eigenvalue weighted by Crippen LogP contribution is 2.36. The van der Waals surface area contributed by atoms with Crippen molar-refractivity contribution in [3.05, 3.63) is 24.3 Å². The first kappa shape index (κ1) is 45.5. The molecule has 0 aromatic rings. The Bertz CT molecular complexity index is 823. The van der Waals surface area contributed by atoms with Gasteiger partial charge in [-0.1, -0.05) is 154 Å². The van der Waals surface area contributed by atoms with E-state index in [0.717, 1.165) is 57.8 Å². The van der Waals surface area contributed by atoms with Crippen LogP contribution >= 0.6 is 7.82 Å². The molecule has 0 aromatic heterocycles. The summed E-state index contributed by atoms with van der Waals surface area (Å²) in [5.74, 6) is -0.895. The first-order chi connectivity index (χ1) is 22.8. The number of phosphoric ester groups is 1. The lowest BCUT2D eigenvalue weighted by atomic mass is 10.0. The molecule has 2 N–H and O–H groups in total. The van der Waals surface area contributed by atoms with Crippen LogP contribution in [0.4, 0.5) is 0 Å². The first-order valence-electron chi connectivity index (χ1n) is 19.1. The molecule has 0 aliphatic rings. The van der Waals surface area contributed by atoms with Gasteiger partial charge in [0.05, 0.1) is 6.61 Å². The minimum Gasteiger partial charge on any atom is -0.462 e. The average Bonchev–Trinajstić information content (AvgIpc) is 3.03. The van der Waals surface area contributed by atoms with Crippen molar-refractivity contribution in [1.82, 2.24) is 0 Å². The largest absolute Gasteiger partial charge is 0.469 e. The third kappa shape index (κ3) is 37.2. The molecule has 0 aliphatic heterocycles. The van der Waals surface area contributed by atoms with E-state index in [9.17, 15) is 14.2 Å². The molecule has 0 heterocycles. The summed E-state index contributed by atoms with van der Waals surface area (Å²) in [4.78, 5) is 42.7. The third-order valence-corrected chi connectivity index (χ3v) is 8.71. The Morgan fingerprint density at radius 3 is 1.45 bits per heavy atom. The molecule has 0 aliphatic carbocycles. The van der Waals surface area contributed by atoms with Gasteiger partial charge in [0.2, 0.25) is 0 Å². The van der Waals surface area contributed by atoms with Crippen molar-refractivity contribution in [2.45, 2.75) is 193 Å². The number of ether oxygens (including phenoxy) is 2. The van der Waals surface area contributed by atoms with Crippen LogP contribution in [-0.4, -0.2) is 41.0 Å². The Morgan fingerprint density at radius 2 is 0.957 bits per heavy atom. The van der Waals surface area contributed by atoms with Crippen LogP contribution in [0.1, 0.15) is 187 Å². The molecular formula is C38H71O8P. The van der Waals surface area contributed by atoms with E-state index >= 15 is 0 Å². The van der Waals surface area contributed by atoms with Crippen molar-refractivity contribution in [3.8, 4) is 0 Å². The number of carbonyl (C=O) groups excluding carboxylic acids is 2. The molecule has 276 valence electrons. The summed E-state index contributed by atoms with van der Waals surface area (Å²) >= 11 is 0. The van der Waals surface area contributed by atoms with Gasteiger partial charge in [-0.2, -0.15) is 0 Å². The van der Waals surface area contributed by atoms with Gasteiger partial charge in [0, 0.05) is 12.8 Å². The lowest BCUT2D eigenvalue weighted by Gasteiger charge is -2.18. The molecule has 1 atom stereocenters. The van der Waals surface area contributed by atoms with Crippen molar-refractivity contribution in [2.24, 2.45) is 0 Å². The summed E-state index contributed by atoms with van der Waals surface area (Å²) in [6.07, 6.45) is 37.5. The molecule has 0 aromatic carbocycles. The Morgan fingerprint density at radius 1 is 0.553 bits per heavy atom. The Kier molecular flexibility index (Phi) is 33.3. The van der Waals surface area contributed by atoms with Gasteiger partial charge in [0.1, 0.15) is 6.61 Å². The predicted octanol–water partition coefficient (Wildman–Crippen LogP) is 11.2. The topological polar surface area (TPSA) is 119 Å². The number of esters is 2. The van der Waals surface area contributed by atoms with E-state index in [-0.39, 0.29) is 19.4 Å². The molecule has 0 radical (unpaired) electrons. The zero-order chi connectivity index (χ0) is 34.7. The molecule has 9 heteroatoms. The first-order valence-corrected chi connectivity index (χ1v) is 20.7. The fourth-order valence-corrected chi connectivity index (χ4v) is 5.70. The number of carbonyl (C=O) groups is 2. The number of hydrogen-bond donors (Lipinski definition) is 2. The molecule has 0 spiro atoms. The second-order valence-electron chi connectivity index (χ2n) is 12.9. The van der Waals surface area contributed by atoms with Gasteiger partial charge in [0.25, 0.3) is 0 Å². The maximum absolute atomic E-state index is 12.4. The number of hydrogen-bond acceptors (Lipinski definition) is 6. The third-order valence-electron chi connectivity index (χ3n) is 8.22. The molecule has 0 fully saturated rings. The zero-order valence-electron chi connectivity index (χ0n) is 30.2. The number of allylic oxidation sites excluding steroid dienone is 4. The van der Waals surface area contributed by atoms with Crippen molar-refractivity contribution >= 4 is 19.8 Å². The van der Waals surface area contributed by atoms with Crippen molar-refractivity contribution < 1.29 is 37.9 Å². The normalized spacial score (nSPS) is 12.7. The van der Waals surface area contributed by atoms with Crippen LogP contribution < -0.4 is 0 Å². The second kappa shape index (κ2) is 34.4. The van der Waals surface area contributed by atoms with Crippen LogP contribution in [0.3, 0.4) is 0 Å². The molecule has 47 heavy (non-hydrogen) atoms. The van der Waals surface area contributed by atoms with E-state index in [1.807, 2.05) is 0 Å². The Labute approximate surface area is 288 Å². The lowest BCUT2D eigenvalue weighted by molar-refractivity contribution is -0.161. The van der Waals surface area contributed by atoms with Crippen molar-refractivity contribution in [3.63, 3.8) is 0 Å². The van der Waals surface area contributed by atoms with E-state index in [1.54, 1.807) is 0 Å². The van der Waals surface area contributed by atoms with Crippen molar-refractivity contribution in [1.29, 1.82) is 0 Å². The minimum atomic E-state index is -4.75.